The third-order valence-electron chi connectivity index (χ3n) is 5.95. The molecular formula is C21H28FN3O3. The van der Waals surface area contributed by atoms with E-state index in [0.717, 1.165) is 25.8 Å². The Bertz CT molecular complexity index is 859. The predicted octanol–water partition coefficient (Wildman–Crippen LogP) is 4.21. The molecule has 2 aromatic rings. The second-order valence-corrected chi connectivity index (χ2v) is 7.64. The van der Waals surface area contributed by atoms with Gasteiger partial charge in [0.1, 0.15) is 5.56 Å². The fourth-order valence-electron chi connectivity index (χ4n) is 3.87. The average Bonchev–Trinajstić information content (AvgIpc) is 3.33. The van der Waals surface area contributed by atoms with Gasteiger partial charge in [-0.1, -0.05) is 19.0 Å². The largest absolute Gasteiger partial charge is 0.494 e. The van der Waals surface area contributed by atoms with Gasteiger partial charge in [0, 0.05) is 32.7 Å². The number of methoxy groups -OCH3 is 1. The summed E-state index contributed by atoms with van der Waals surface area (Å²) in [7, 11) is 5.03. The minimum absolute atomic E-state index is 0.0934. The molecule has 1 aromatic carbocycles. The second-order valence-electron chi connectivity index (χ2n) is 7.64. The Morgan fingerprint density at radius 2 is 2.07 bits per heavy atom. The smallest absolute Gasteiger partial charge is 0.261 e. The number of rotatable bonds is 6. The highest BCUT2D eigenvalue weighted by molar-refractivity contribution is 6.04. The second kappa shape index (κ2) is 7.81. The molecule has 0 bridgehead atoms. The molecular weight excluding hydrogens is 361 g/mol. The van der Waals surface area contributed by atoms with Gasteiger partial charge in [0.25, 0.3) is 5.91 Å². The lowest BCUT2D eigenvalue weighted by atomic mass is 9.82. The summed E-state index contributed by atoms with van der Waals surface area (Å²) in [4.78, 5) is 17.1. The number of halogens is 1. The van der Waals surface area contributed by atoms with Gasteiger partial charge in [-0.05, 0) is 42.9 Å². The van der Waals surface area contributed by atoms with E-state index in [0.29, 0.717) is 29.2 Å². The molecule has 1 aliphatic heterocycles. The van der Waals surface area contributed by atoms with Crippen LogP contribution < -0.4 is 9.64 Å². The van der Waals surface area contributed by atoms with E-state index >= 15 is 0 Å². The molecule has 0 spiro atoms. The summed E-state index contributed by atoms with van der Waals surface area (Å²) in [6.45, 7) is 5.80. The number of carbonyl (C=O) groups is 1. The first-order chi connectivity index (χ1) is 13.4. The molecule has 2 heterocycles. The van der Waals surface area contributed by atoms with E-state index in [9.17, 15) is 9.18 Å². The number of anilines is 1. The van der Waals surface area contributed by atoms with Crippen LogP contribution in [0, 0.1) is 11.2 Å². The topological polar surface area (TPSA) is 58.8 Å². The van der Waals surface area contributed by atoms with Crippen molar-refractivity contribution in [2.75, 3.05) is 39.2 Å². The first kappa shape index (κ1) is 20.2. The number of benzene rings is 1. The van der Waals surface area contributed by atoms with Crippen molar-refractivity contribution >= 4 is 11.7 Å². The van der Waals surface area contributed by atoms with Crippen molar-refractivity contribution in [3.8, 4) is 17.1 Å². The maximum Gasteiger partial charge on any atom is 0.261 e. The predicted molar refractivity (Wildman–Crippen MR) is 106 cm³/mol. The van der Waals surface area contributed by atoms with E-state index in [1.165, 1.54) is 19.2 Å². The van der Waals surface area contributed by atoms with Crippen molar-refractivity contribution in [1.29, 1.82) is 0 Å². The van der Waals surface area contributed by atoms with Crippen LogP contribution in [0.3, 0.4) is 0 Å². The van der Waals surface area contributed by atoms with Gasteiger partial charge in [0.2, 0.25) is 0 Å². The average molecular weight is 389 g/mol. The number of carbonyl (C=O) groups excluding carboxylic acids is 1. The standard InChI is InChI=1S/C21H28FN3O3/c1-6-21(7-2)10-11-25(13-21)20(26)17-18(28-23-19(17)24(3)4)14-8-9-15(22)16(12-14)27-5/h8-9,12H,6-7,10-11,13H2,1-5H3. The molecule has 0 saturated carbocycles. The van der Waals surface area contributed by atoms with E-state index in [1.807, 2.05) is 19.0 Å². The monoisotopic (exact) mass is 389 g/mol. The minimum Gasteiger partial charge on any atom is -0.494 e. The van der Waals surface area contributed by atoms with Crippen LogP contribution in [0.4, 0.5) is 10.2 Å². The van der Waals surface area contributed by atoms with Crippen molar-refractivity contribution in [3.05, 3.63) is 29.6 Å². The lowest BCUT2D eigenvalue weighted by Gasteiger charge is -2.26. The number of ether oxygens (including phenoxy) is 1. The third kappa shape index (κ3) is 3.45. The van der Waals surface area contributed by atoms with Gasteiger partial charge in [-0.3, -0.25) is 4.79 Å². The lowest BCUT2D eigenvalue weighted by molar-refractivity contribution is 0.0770. The Labute approximate surface area is 165 Å². The normalized spacial score (nSPS) is 15.7. The molecule has 0 atom stereocenters. The van der Waals surface area contributed by atoms with Crippen molar-refractivity contribution in [2.24, 2.45) is 5.41 Å². The quantitative estimate of drug-likeness (QED) is 0.741. The van der Waals surface area contributed by atoms with Crippen LogP contribution in [0.15, 0.2) is 22.7 Å². The molecule has 0 aliphatic carbocycles. The van der Waals surface area contributed by atoms with Crippen LogP contribution in [0.2, 0.25) is 0 Å². The number of aromatic nitrogens is 1. The minimum atomic E-state index is -0.471. The number of likely N-dealkylation sites (tertiary alicyclic amines) is 1. The van der Waals surface area contributed by atoms with Crippen LogP contribution >= 0.6 is 0 Å². The van der Waals surface area contributed by atoms with Gasteiger partial charge in [-0.25, -0.2) is 4.39 Å². The number of hydrogen-bond donors (Lipinski definition) is 0. The maximum atomic E-state index is 13.8. The summed E-state index contributed by atoms with van der Waals surface area (Å²) in [5.74, 6) is 0.316. The molecule has 1 aliphatic rings. The van der Waals surface area contributed by atoms with Gasteiger partial charge in [0.05, 0.1) is 7.11 Å². The first-order valence-electron chi connectivity index (χ1n) is 9.66. The summed E-state index contributed by atoms with van der Waals surface area (Å²) in [5.41, 5.74) is 1.13. The zero-order chi connectivity index (χ0) is 20.5. The number of nitrogens with zero attached hydrogens (tertiary/aromatic N) is 3. The van der Waals surface area contributed by atoms with E-state index in [2.05, 4.69) is 19.0 Å². The fraction of sp³-hybridized carbons (Fsp3) is 0.524. The van der Waals surface area contributed by atoms with Crippen LogP contribution in [0.1, 0.15) is 43.5 Å². The van der Waals surface area contributed by atoms with E-state index in [4.69, 9.17) is 9.26 Å². The Balaban J connectivity index is 2.03. The number of hydrogen-bond acceptors (Lipinski definition) is 5. The first-order valence-corrected chi connectivity index (χ1v) is 9.66. The lowest BCUT2D eigenvalue weighted by Crippen LogP contribution is -2.32. The Hall–Kier alpha value is -2.57. The summed E-state index contributed by atoms with van der Waals surface area (Å²) in [5, 5.41) is 4.11. The van der Waals surface area contributed by atoms with Crippen molar-refractivity contribution in [3.63, 3.8) is 0 Å². The fourth-order valence-corrected chi connectivity index (χ4v) is 3.87. The Kier molecular flexibility index (Phi) is 5.63. The van der Waals surface area contributed by atoms with Crippen LogP contribution in [0.25, 0.3) is 11.3 Å². The molecule has 1 fully saturated rings. The van der Waals surface area contributed by atoms with Crippen molar-refractivity contribution in [1.82, 2.24) is 10.1 Å². The SMILES string of the molecule is CCC1(CC)CCN(C(=O)c2c(N(C)C)noc2-c2ccc(F)c(OC)c2)C1. The third-order valence-corrected chi connectivity index (χ3v) is 5.95. The highest BCUT2D eigenvalue weighted by Gasteiger charge is 2.39. The summed E-state index contributed by atoms with van der Waals surface area (Å²) in [6.07, 6.45) is 3.08. The van der Waals surface area contributed by atoms with Gasteiger partial charge in [0.15, 0.2) is 23.1 Å². The van der Waals surface area contributed by atoms with Gasteiger partial charge < -0.3 is 19.1 Å². The molecule has 1 saturated heterocycles. The van der Waals surface area contributed by atoms with Gasteiger partial charge >= 0.3 is 0 Å². The molecule has 0 N–H and O–H groups in total. The molecule has 1 amide bonds. The van der Waals surface area contributed by atoms with Gasteiger partial charge in [-0.15, -0.1) is 0 Å². The van der Waals surface area contributed by atoms with Crippen LogP contribution in [-0.4, -0.2) is 50.3 Å². The van der Waals surface area contributed by atoms with E-state index < -0.39 is 5.82 Å². The summed E-state index contributed by atoms with van der Waals surface area (Å²) in [6, 6.07) is 4.40. The zero-order valence-electron chi connectivity index (χ0n) is 17.2. The highest BCUT2D eigenvalue weighted by atomic mass is 19.1. The molecule has 7 heteroatoms. The molecule has 152 valence electrons. The Morgan fingerprint density at radius 1 is 1.36 bits per heavy atom. The molecule has 28 heavy (non-hydrogen) atoms. The Morgan fingerprint density at radius 3 is 2.64 bits per heavy atom. The number of amides is 1. The molecule has 3 rings (SSSR count). The summed E-state index contributed by atoms with van der Waals surface area (Å²) >= 11 is 0. The molecule has 0 radical (unpaired) electrons. The van der Waals surface area contributed by atoms with Crippen LogP contribution in [0.5, 0.6) is 5.75 Å². The van der Waals surface area contributed by atoms with Crippen molar-refractivity contribution in [2.45, 2.75) is 33.1 Å². The van der Waals surface area contributed by atoms with E-state index in [1.54, 1.807) is 11.0 Å². The molecule has 0 unspecified atom stereocenters. The highest BCUT2D eigenvalue weighted by Crippen LogP contribution is 2.40. The summed E-state index contributed by atoms with van der Waals surface area (Å²) < 4.78 is 24.5. The van der Waals surface area contributed by atoms with E-state index in [-0.39, 0.29) is 17.1 Å². The van der Waals surface area contributed by atoms with Gasteiger partial charge in [-0.2, -0.15) is 0 Å². The maximum absolute atomic E-state index is 13.8. The van der Waals surface area contributed by atoms with Crippen LogP contribution in [-0.2, 0) is 0 Å². The molecule has 1 aromatic heterocycles. The zero-order valence-corrected chi connectivity index (χ0v) is 17.2. The molecule has 6 nitrogen and oxygen atoms in total. The van der Waals surface area contributed by atoms with Crippen molar-refractivity contribution < 1.29 is 18.4 Å².